The van der Waals surface area contributed by atoms with Crippen LogP contribution < -0.4 is 19.5 Å². The second-order valence-electron chi connectivity index (χ2n) is 7.72. The highest BCUT2D eigenvalue weighted by Crippen LogP contribution is 2.39. The zero-order valence-electron chi connectivity index (χ0n) is 18.4. The second-order valence-corrected chi connectivity index (χ2v) is 10.2. The van der Waals surface area contributed by atoms with Crippen molar-refractivity contribution >= 4 is 37.5 Å². The summed E-state index contributed by atoms with van der Waals surface area (Å²) in [7, 11) is -3.21. The van der Waals surface area contributed by atoms with Crippen molar-refractivity contribution < 1.29 is 36.6 Å². The smallest absolute Gasteiger partial charge is 0.265 e. The van der Waals surface area contributed by atoms with E-state index in [1.807, 2.05) is 4.72 Å². The zero-order valence-corrected chi connectivity index (χ0v) is 20.8. The Morgan fingerprint density at radius 3 is 2.57 bits per heavy atom. The van der Waals surface area contributed by atoms with Crippen molar-refractivity contribution in [2.75, 3.05) is 18.4 Å². The van der Waals surface area contributed by atoms with E-state index in [9.17, 15) is 27.1 Å². The molecule has 184 valence electrons. The Kier molecular flexibility index (Phi) is 6.60. The molecule has 35 heavy (non-hydrogen) atoms. The molecule has 0 fully saturated rings. The number of ether oxygens (including phenoxy) is 2. The van der Waals surface area contributed by atoms with Crippen molar-refractivity contribution in [3.8, 4) is 28.4 Å². The molecule has 3 aromatic rings. The zero-order chi connectivity index (χ0) is 25.5. The number of carbonyl (C=O) groups is 1. The van der Waals surface area contributed by atoms with Gasteiger partial charge in [-0.2, -0.15) is 0 Å². The molecule has 4 rings (SSSR count). The maximum atomic E-state index is 14.9. The van der Waals surface area contributed by atoms with Gasteiger partial charge >= 0.3 is 0 Å². The lowest BCUT2D eigenvalue weighted by molar-refractivity contribution is 0.0932. The number of benzene rings is 3. The number of phenolic OH excluding ortho intramolecular Hbond substituents is 1. The molecule has 8 nitrogen and oxygen atoms in total. The Bertz CT molecular complexity index is 1450. The third kappa shape index (κ3) is 4.89. The highest BCUT2D eigenvalue weighted by molar-refractivity contribution is 9.10. The number of nitrogens with one attached hydrogen (secondary N) is 2. The average Bonchev–Trinajstić information content (AvgIpc) is 2.80. The number of amides is 1. The van der Waals surface area contributed by atoms with Gasteiger partial charge in [0.25, 0.3) is 15.9 Å². The number of phenols is 1. The van der Waals surface area contributed by atoms with E-state index in [1.165, 1.54) is 25.3 Å². The molecule has 1 heterocycles. The molecule has 1 atom stereocenters. The number of halogens is 3. The molecule has 0 aromatic heterocycles. The van der Waals surface area contributed by atoms with Crippen molar-refractivity contribution in [2.24, 2.45) is 0 Å². The van der Waals surface area contributed by atoms with Crippen molar-refractivity contribution in [3.63, 3.8) is 0 Å². The van der Waals surface area contributed by atoms with Gasteiger partial charge in [0.05, 0.1) is 23.8 Å². The van der Waals surface area contributed by atoms with E-state index in [-0.39, 0.29) is 33.5 Å². The van der Waals surface area contributed by atoms with Gasteiger partial charge in [0.1, 0.15) is 39.9 Å². The lowest BCUT2D eigenvalue weighted by Crippen LogP contribution is -2.33. The van der Waals surface area contributed by atoms with E-state index < -0.39 is 50.0 Å². The van der Waals surface area contributed by atoms with Crippen molar-refractivity contribution in [2.45, 2.75) is 17.9 Å². The summed E-state index contributed by atoms with van der Waals surface area (Å²) < 4.78 is 68.9. The van der Waals surface area contributed by atoms with Crippen LogP contribution in [0.15, 0.2) is 51.8 Å². The first-order valence-electron chi connectivity index (χ1n) is 10.2. The molecule has 1 aliphatic heterocycles. The Morgan fingerprint density at radius 1 is 1.11 bits per heavy atom. The first-order chi connectivity index (χ1) is 16.5. The molecule has 3 N–H and O–H groups in total. The van der Waals surface area contributed by atoms with E-state index in [0.29, 0.717) is 11.8 Å². The van der Waals surface area contributed by atoms with Crippen molar-refractivity contribution in [1.82, 2.24) is 5.32 Å². The monoisotopic (exact) mass is 568 g/mol. The van der Waals surface area contributed by atoms with E-state index in [4.69, 9.17) is 9.47 Å². The number of rotatable bonds is 1. The Morgan fingerprint density at radius 2 is 1.86 bits per heavy atom. The van der Waals surface area contributed by atoms with Gasteiger partial charge in [-0.15, -0.1) is 0 Å². The normalized spacial score (nSPS) is 17.1. The van der Waals surface area contributed by atoms with Crippen LogP contribution in [0.1, 0.15) is 17.3 Å². The third-order valence-corrected chi connectivity index (χ3v) is 7.22. The van der Waals surface area contributed by atoms with Crippen LogP contribution in [0, 0.1) is 11.6 Å². The molecule has 0 saturated carbocycles. The fourth-order valence-corrected chi connectivity index (χ4v) is 5.28. The fourth-order valence-electron chi connectivity index (χ4n) is 3.49. The number of methoxy groups -OCH3 is 1. The maximum Gasteiger partial charge on any atom is 0.265 e. The number of anilines is 1. The van der Waals surface area contributed by atoms with Crippen LogP contribution in [0.4, 0.5) is 14.5 Å². The van der Waals surface area contributed by atoms with Gasteiger partial charge < -0.3 is 19.9 Å². The molecule has 0 aliphatic carbocycles. The van der Waals surface area contributed by atoms with Crippen LogP contribution in [-0.2, 0) is 10.0 Å². The molecule has 1 aliphatic rings. The largest absolute Gasteiger partial charge is 0.505 e. The molecule has 12 heteroatoms. The minimum Gasteiger partial charge on any atom is -0.505 e. The van der Waals surface area contributed by atoms with E-state index in [1.54, 1.807) is 13.0 Å². The van der Waals surface area contributed by atoms with Gasteiger partial charge in [0.2, 0.25) is 0 Å². The van der Waals surface area contributed by atoms with Crippen molar-refractivity contribution in [1.29, 1.82) is 0 Å². The number of hydrogen-bond donors (Lipinski definition) is 3. The SMILES string of the molecule is COc1ccc2c(c1)-c1cc(c(F)cc1F)NS(=O)(=O)c1cc(cc(Br)c1O)C(=O)NC[C@H](C)O2. The van der Waals surface area contributed by atoms with Crippen molar-refractivity contribution in [3.05, 3.63) is 64.1 Å². The summed E-state index contributed by atoms with van der Waals surface area (Å²) in [6.45, 7) is 1.68. The van der Waals surface area contributed by atoms with Gasteiger partial charge in [-0.3, -0.25) is 9.52 Å². The van der Waals surface area contributed by atoms with E-state index in [0.717, 1.165) is 12.1 Å². The predicted molar refractivity (Wildman–Crippen MR) is 127 cm³/mol. The van der Waals surface area contributed by atoms with Crippen LogP contribution in [0.3, 0.4) is 0 Å². The lowest BCUT2D eigenvalue weighted by atomic mass is 10.0. The summed E-state index contributed by atoms with van der Waals surface area (Å²) in [6.07, 6.45) is -0.596. The van der Waals surface area contributed by atoms with Gasteiger partial charge in [0.15, 0.2) is 0 Å². The summed E-state index contributed by atoms with van der Waals surface area (Å²) in [5, 5.41) is 13.0. The summed E-state index contributed by atoms with van der Waals surface area (Å²) >= 11 is 3.03. The van der Waals surface area contributed by atoms with Crippen LogP contribution in [0.25, 0.3) is 11.1 Å². The quantitative estimate of drug-likeness (QED) is 0.400. The summed E-state index contributed by atoms with van der Waals surface area (Å²) in [5.41, 5.74) is -0.657. The van der Waals surface area contributed by atoms with Crippen LogP contribution in [0.5, 0.6) is 17.2 Å². The highest BCUT2D eigenvalue weighted by atomic mass is 79.9. The number of aromatic hydroxyl groups is 1. The van der Waals surface area contributed by atoms with Gasteiger partial charge in [-0.25, -0.2) is 17.2 Å². The number of hydrogen-bond acceptors (Lipinski definition) is 6. The highest BCUT2D eigenvalue weighted by Gasteiger charge is 2.27. The van der Waals surface area contributed by atoms with Gasteiger partial charge in [0, 0.05) is 22.8 Å². The summed E-state index contributed by atoms with van der Waals surface area (Å²) in [4.78, 5) is 12.0. The standard InChI is InChI=1S/C23H19BrF2N2O6S/c1-11-10-27-23(30)12-5-16(24)22(29)21(6-12)35(31,32)28-19-8-14(17(25)9-18(19)26)15-7-13(33-2)3-4-20(15)34-11/h3-9,11,28-29H,10H2,1-2H3,(H,27,30)/t11-/m0/s1. The summed E-state index contributed by atoms with van der Waals surface area (Å²) in [5.74, 6) is -2.94. The minimum absolute atomic E-state index is 0.0142. The number of carbonyl (C=O) groups excluding carboxylic acids is 1. The molecule has 0 radical (unpaired) electrons. The molecule has 3 aromatic carbocycles. The summed E-state index contributed by atoms with van der Waals surface area (Å²) in [6, 6.07) is 8.27. The number of sulfonamides is 1. The fraction of sp³-hybridized carbons (Fsp3) is 0.174. The average molecular weight is 569 g/mol. The molecule has 4 bridgehead atoms. The van der Waals surface area contributed by atoms with Crippen LogP contribution >= 0.6 is 15.9 Å². The lowest BCUT2D eigenvalue weighted by Gasteiger charge is -2.19. The molecular weight excluding hydrogens is 550 g/mol. The van der Waals surface area contributed by atoms with Gasteiger partial charge in [-0.05, 0) is 59.3 Å². The van der Waals surface area contributed by atoms with Gasteiger partial charge in [-0.1, -0.05) is 0 Å². The predicted octanol–water partition coefficient (Wildman–Crippen LogP) is 4.42. The van der Waals surface area contributed by atoms with Crippen LogP contribution in [-0.4, -0.2) is 39.2 Å². The van der Waals surface area contributed by atoms with Crippen LogP contribution in [0.2, 0.25) is 0 Å². The molecular formula is C23H19BrF2N2O6S. The Labute approximate surface area is 208 Å². The van der Waals surface area contributed by atoms with E-state index in [2.05, 4.69) is 21.2 Å². The Hall–Kier alpha value is -3.38. The molecule has 0 saturated heterocycles. The van der Waals surface area contributed by atoms with E-state index >= 15 is 0 Å². The molecule has 0 unspecified atom stereocenters. The first kappa shape index (κ1) is 24.7. The number of fused-ring (bicyclic) bond motifs is 6. The second kappa shape index (κ2) is 9.34. The maximum absolute atomic E-state index is 14.9. The Balaban J connectivity index is 1.97. The first-order valence-corrected chi connectivity index (χ1v) is 12.5. The molecule has 0 spiro atoms. The topological polar surface area (TPSA) is 114 Å². The minimum atomic E-state index is -4.62. The molecule has 1 amide bonds. The third-order valence-electron chi connectivity index (χ3n) is 5.24.